The van der Waals surface area contributed by atoms with E-state index in [1.807, 2.05) is 0 Å². The minimum absolute atomic E-state index is 0.104. The molecule has 6 atom stereocenters. The van der Waals surface area contributed by atoms with Gasteiger partial charge in [0.1, 0.15) is 19.3 Å². The van der Waals surface area contributed by atoms with E-state index in [1.165, 1.54) is 173 Å². The Morgan fingerprint density at radius 2 is 0.516 bits per heavy atom. The van der Waals surface area contributed by atoms with Gasteiger partial charge in [-0.2, -0.15) is 0 Å². The van der Waals surface area contributed by atoms with Gasteiger partial charge in [-0.1, -0.05) is 319 Å². The first-order chi connectivity index (χ1) is 44.6. The first-order valence-electron chi connectivity index (χ1n) is 38.2. The Labute approximate surface area is 568 Å². The van der Waals surface area contributed by atoms with Gasteiger partial charge in [-0.3, -0.25) is 37.3 Å². The summed E-state index contributed by atoms with van der Waals surface area (Å²) in [4.78, 5) is 72.7. The maximum Gasteiger partial charge on any atom is 0.472 e. The lowest BCUT2D eigenvalue weighted by atomic mass is 9.99. The third-order valence-electron chi connectivity index (χ3n) is 17.4. The van der Waals surface area contributed by atoms with Crippen molar-refractivity contribution in [2.75, 3.05) is 39.6 Å². The van der Waals surface area contributed by atoms with Crippen LogP contribution in [0, 0.1) is 23.7 Å². The number of rotatable bonds is 71. The minimum Gasteiger partial charge on any atom is -0.462 e. The zero-order chi connectivity index (χ0) is 68.9. The minimum atomic E-state index is -4.96. The third-order valence-corrected chi connectivity index (χ3v) is 19.3. The molecule has 0 radical (unpaired) electrons. The molecule has 0 aromatic heterocycles. The van der Waals surface area contributed by atoms with Crippen molar-refractivity contribution in [1.29, 1.82) is 0 Å². The molecule has 3 N–H and O–H groups in total. The van der Waals surface area contributed by atoms with E-state index in [0.29, 0.717) is 25.7 Å². The van der Waals surface area contributed by atoms with Gasteiger partial charge in [0.2, 0.25) is 0 Å². The number of aliphatic hydroxyl groups excluding tert-OH is 1. The molecule has 19 heteroatoms. The van der Waals surface area contributed by atoms with Crippen molar-refractivity contribution in [3.63, 3.8) is 0 Å². The quantitative estimate of drug-likeness (QED) is 0.0222. The Bertz CT molecular complexity index is 1840. The Kier molecular flexibility index (Phi) is 62.2. The van der Waals surface area contributed by atoms with Crippen LogP contribution in [0.3, 0.4) is 0 Å². The summed E-state index contributed by atoms with van der Waals surface area (Å²) in [6, 6.07) is 0. The number of unbranched alkanes of at least 4 members (excludes halogenated alkanes) is 36. The van der Waals surface area contributed by atoms with Gasteiger partial charge >= 0.3 is 39.5 Å². The molecule has 552 valence electrons. The molecule has 0 fully saturated rings. The standard InChI is InChI=1S/C74H144O17P2/c1-9-67(8)53-45-37-29-20-15-16-22-32-40-48-56-73(78)90-69(60-84-71(76)54-46-38-30-21-14-12-10-11-13-18-26-34-42-50-64(2)3)62-88-92(80,81)86-58-68(75)59-87-93(82,83)89-63-70(61-85-72(77)55-47-39-31-25-24-28-36-44-52-66(6)7)91-74(79)57-49-41-33-23-17-19-27-35-43-51-65(4)5/h64-70,75H,9-63H2,1-8H3,(H,80,81)(H,82,83)/t67?,68?,69-,70-/m1/s1. The normalized spacial score (nSPS) is 14.5. The first kappa shape index (κ1) is 91.1. The highest BCUT2D eigenvalue weighted by atomic mass is 31.2. The second-order valence-electron chi connectivity index (χ2n) is 28.4. The van der Waals surface area contributed by atoms with Gasteiger partial charge in [-0.25, -0.2) is 9.13 Å². The van der Waals surface area contributed by atoms with Gasteiger partial charge in [0.25, 0.3) is 0 Å². The Hall–Kier alpha value is -1.94. The van der Waals surface area contributed by atoms with Crippen molar-refractivity contribution < 1.29 is 80.2 Å². The zero-order valence-corrected chi connectivity index (χ0v) is 62.7. The molecule has 0 bridgehead atoms. The summed E-state index contributed by atoms with van der Waals surface area (Å²) in [5, 5.41) is 10.6. The lowest BCUT2D eigenvalue weighted by molar-refractivity contribution is -0.161. The van der Waals surface area contributed by atoms with E-state index >= 15 is 0 Å². The average Bonchev–Trinajstić information content (AvgIpc) is 3.43. The van der Waals surface area contributed by atoms with Crippen LogP contribution in [0.4, 0.5) is 0 Å². The number of esters is 4. The number of ether oxygens (including phenoxy) is 4. The van der Waals surface area contributed by atoms with Crippen LogP contribution in [0.2, 0.25) is 0 Å². The second kappa shape index (κ2) is 63.5. The molecule has 4 unspecified atom stereocenters. The molecule has 0 rings (SSSR count). The van der Waals surface area contributed by atoms with E-state index in [9.17, 15) is 43.2 Å². The fraction of sp³-hybridized carbons (Fsp3) is 0.946. The van der Waals surface area contributed by atoms with E-state index in [0.717, 1.165) is 114 Å². The molecule has 93 heavy (non-hydrogen) atoms. The van der Waals surface area contributed by atoms with E-state index in [1.54, 1.807) is 0 Å². The number of phosphoric acid groups is 2. The van der Waals surface area contributed by atoms with Gasteiger partial charge < -0.3 is 33.8 Å². The molecular formula is C74H144O17P2. The summed E-state index contributed by atoms with van der Waals surface area (Å²) in [5.74, 6) is 0.933. The van der Waals surface area contributed by atoms with Crippen LogP contribution in [-0.2, 0) is 65.4 Å². The van der Waals surface area contributed by atoms with Crippen molar-refractivity contribution in [3.8, 4) is 0 Å². The predicted molar refractivity (Wildman–Crippen MR) is 377 cm³/mol. The van der Waals surface area contributed by atoms with Gasteiger partial charge in [0.15, 0.2) is 12.2 Å². The third kappa shape index (κ3) is 67.0. The highest BCUT2D eigenvalue weighted by Crippen LogP contribution is 2.45. The van der Waals surface area contributed by atoms with E-state index < -0.39 is 97.5 Å². The van der Waals surface area contributed by atoms with E-state index in [2.05, 4.69) is 55.4 Å². The number of hydrogen-bond acceptors (Lipinski definition) is 15. The van der Waals surface area contributed by atoms with Gasteiger partial charge in [-0.15, -0.1) is 0 Å². The molecule has 0 amide bonds. The number of hydrogen-bond donors (Lipinski definition) is 3. The van der Waals surface area contributed by atoms with Crippen molar-refractivity contribution in [2.24, 2.45) is 23.7 Å². The summed E-state index contributed by atoms with van der Waals surface area (Å²) in [6.45, 7) is 14.2. The smallest absolute Gasteiger partial charge is 0.462 e. The summed E-state index contributed by atoms with van der Waals surface area (Å²) in [6.07, 6.45) is 47.1. The molecule has 0 spiro atoms. The molecule has 0 aromatic rings. The molecule has 0 aliphatic rings. The predicted octanol–water partition coefficient (Wildman–Crippen LogP) is 21.3. The molecule has 0 heterocycles. The lowest BCUT2D eigenvalue weighted by Crippen LogP contribution is -2.30. The van der Waals surface area contributed by atoms with Crippen LogP contribution in [-0.4, -0.2) is 96.7 Å². The second-order valence-corrected chi connectivity index (χ2v) is 31.3. The summed E-state index contributed by atoms with van der Waals surface area (Å²) in [5.41, 5.74) is 0. The highest BCUT2D eigenvalue weighted by molar-refractivity contribution is 7.47. The SMILES string of the molecule is CCC(C)CCCCCCCCCCCCC(=O)O[C@H](COC(=O)CCCCCCCCCCCCCCCC(C)C)COP(=O)(O)OCC(O)COP(=O)(O)OC[C@@H](COC(=O)CCCCCCCCCCC(C)C)OC(=O)CCCCCCCCCCCC(C)C. The van der Waals surface area contributed by atoms with Crippen molar-refractivity contribution in [2.45, 2.75) is 388 Å². The zero-order valence-electron chi connectivity index (χ0n) is 60.9. The Morgan fingerprint density at radius 1 is 0.301 bits per heavy atom. The number of aliphatic hydroxyl groups is 1. The topological polar surface area (TPSA) is 237 Å². The van der Waals surface area contributed by atoms with Crippen molar-refractivity contribution in [3.05, 3.63) is 0 Å². The van der Waals surface area contributed by atoms with Crippen LogP contribution >= 0.6 is 15.6 Å². The molecule has 0 aliphatic heterocycles. The highest BCUT2D eigenvalue weighted by Gasteiger charge is 2.30. The Morgan fingerprint density at radius 3 is 0.763 bits per heavy atom. The summed E-state index contributed by atoms with van der Waals surface area (Å²) >= 11 is 0. The van der Waals surface area contributed by atoms with Crippen LogP contribution in [0.1, 0.15) is 370 Å². The molecule has 17 nitrogen and oxygen atoms in total. The van der Waals surface area contributed by atoms with E-state index in [-0.39, 0.29) is 25.7 Å². The van der Waals surface area contributed by atoms with Gasteiger partial charge in [0, 0.05) is 25.7 Å². The maximum atomic E-state index is 13.1. The Balaban J connectivity index is 5.26. The fourth-order valence-corrected chi connectivity index (χ4v) is 12.7. The lowest BCUT2D eigenvalue weighted by Gasteiger charge is -2.21. The average molecular weight is 1370 g/mol. The molecular weight excluding hydrogens is 1220 g/mol. The maximum absolute atomic E-state index is 13.1. The first-order valence-corrected chi connectivity index (χ1v) is 41.2. The molecule has 0 saturated heterocycles. The van der Waals surface area contributed by atoms with E-state index in [4.69, 9.17) is 37.0 Å². The molecule has 0 aliphatic carbocycles. The van der Waals surface area contributed by atoms with Crippen LogP contribution in [0.25, 0.3) is 0 Å². The van der Waals surface area contributed by atoms with Crippen LogP contribution in [0.15, 0.2) is 0 Å². The van der Waals surface area contributed by atoms with Gasteiger partial charge in [0.05, 0.1) is 26.4 Å². The molecule has 0 saturated carbocycles. The van der Waals surface area contributed by atoms with Crippen LogP contribution in [0.5, 0.6) is 0 Å². The summed E-state index contributed by atoms with van der Waals surface area (Å²) in [7, 11) is -9.91. The number of carbonyl (C=O) groups is 4. The van der Waals surface area contributed by atoms with Crippen molar-refractivity contribution >= 4 is 39.5 Å². The number of carbonyl (C=O) groups excluding carboxylic acids is 4. The number of phosphoric ester groups is 2. The largest absolute Gasteiger partial charge is 0.472 e. The fourth-order valence-electron chi connectivity index (χ4n) is 11.2. The van der Waals surface area contributed by atoms with Crippen molar-refractivity contribution in [1.82, 2.24) is 0 Å². The summed E-state index contributed by atoms with van der Waals surface area (Å²) < 4.78 is 68.5. The van der Waals surface area contributed by atoms with Gasteiger partial charge in [-0.05, 0) is 49.4 Å². The van der Waals surface area contributed by atoms with Crippen LogP contribution < -0.4 is 0 Å². The molecule has 0 aromatic carbocycles. The monoisotopic (exact) mass is 1370 g/mol.